The zero-order valence-electron chi connectivity index (χ0n) is 24.3. The first-order valence-electron chi connectivity index (χ1n) is 14.0. The number of hydrogen-bond donors (Lipinski definition) is 3. The maximum Gasteiger partial charge on any atom is 0.234 e. The normalized spacial score (nSPS) is 11.0. The van der Waals surface area contributed by atoms with Crippen LogP contribution in [-0.2, 0) is 14.4 Å². The van der Waals surface area contributed by atoms with Crippen molar-refractivity contribution in [2.24, 2.45) is 0 Å². The number of thiazole rings is 1. The van der Waals surface area contributed by atoms with E-state index in [2.05, 4.69) is 20.9 Å². The zero-order chi connectivity index (χ0) is 30.9. The molecule has 0 saturated carbocycles. The third-order valence-corrected chi connectivity index (χ3v) is 9.86. The van der Waals surface area contributed by atoms with Crippen molar-refractivity contribution < 1.29 is 14.4 Å². The van der Waals surface area contributed by atoms with Crippen LogP contribution in [0.3, 0.4) is 0 Å². The number of thioether (sulfide) groups is 2. The van der Waals surface area contributed by atoms with Crippen molar-refractivity contribution in [3.63, 3.8) is 0 Å². The molecule has 5 rings (SSSR count). The molecule has 3 amide bonds. The van der Waals surface area contributed by atoms with Gasteiger partial charge in [0.1, 0.15) is 0 Å². The van der Waals surface area contributed by atoms with Crippen molar-refractivity contribution in [2.45, 2.75) is 24.2 Å². The standard InChI is InChI=1S/C34H32N4O3S3/c1-22-10-9-11-23(2)32(22)37-30(40)20-42-19-29(39)35-26-16-17-27-28(18-26)44-34(36-27)43-21-31(41)38-33(24-12-5-3-6-13-24)25-14-7-4-8-15-25/h3-18,33H,19-21H2,1-2H3,(H,35,39)(H,37,40)(H,38,41). The number of hydrogen-bond acceptors (Lipinski definition) is 7. The predicted octanol–water partition coefficient (Wildman–Crippen LogP) is 7.22. The number of para-hydroxylation sites is 1. The van der Waals surface area contributed by atoms with Crippen LogP contribution < -0.4 is 16.0 Å². The van der Waals surface area contributed by atoms with Crippen molar-refractivity contribution in [1.82, 2.24) is 10.3 Å². The van der Waals surface area contributed by atoms with Crippen molar-refractivity contribution in [3.05, 3.63) is 119 Å². The number of benzene rings is 4. The molecule has 1 heterocycles. The quantitative estimate of drug-likeness (QED) is 0.125. The van der Waals surface area contributed by atoms with Gasteiger partial charge in [-0.25, -0.2) is 4.98 Å². The number of anilines is 2. The molecule has 7 nitrogen and oxygen atoms in total. The van der Waals surface area contributed by atoms with Gasteiger partial charge in [-0.15, -0.1) is 23.1 Å². The van der Waals surface area contributed by atoms with Crippen LogP contribution in [0.5, 0.6) is 0 Å². The third-order valence-electron chi connectivity index (χ3n) is 6.76. The molecule has 44 heavy (non-hydrogen) atoms. The SMILES string of the molecule is Cc1cccc(C)c1NC(=O)CSCC(=O)Nc1ccc2nc(SCC(=O)NC(c3ccccc3)c3ccccc3)sc2c1. The average molecular weight is 641 g/mol. The molecule has 10 heteroatoms. The summed E-state index contributed by atoms with van der Waals surface area (Å²) < 4.78 is 1.69. The number of aromatic nitrogens is 1. The molecule has 0 unspecified atom stereocenters. The van der Waals surface area contributed by atoms with E-state index in [0.717, 1.165) is 42.5 Å². The number of nitrogens with zero attached hydrogens (tertiary/aromatic N) is 1. The van der Waals surface area contributed by atoms with Crippen molar-refractivity contribution in [3.8, 4) is 0 Å². The second-order valence-electron chi connectivity index (χ2n) is 10.1. The fourth-order valence-electron chi connectivity index (χ4n) is 4.64. The fourth-order valence-corrected chi connectivity index (χ4v) is 7.18. The van der Waals surface area contributed by atoms with E-state index in [1.54, 1.807) is 0 Å². The van der Waals surface area contributed by atoms with Crippen LogP contribution in [0.4, 0.5) is 11.4 Å². The Morgan fingerprint density at radius 3 is 1.98 bits per heavy atom. The molecule has 0 saturated heterocycles. The van der Waals surface area contributed by atoms with E-state index < -0.39 is 0 Å². The molecule has 0 spiro atoms. The van der Waals surface area contributed by atoms with E-state index in [1.165, 1.54) is 34.9 Å². The Balaban J connectivity index is 1.11. The lowest BCUT2D eigenvalue weighted by Crippen LogP contribution is -2.30. The minimum atomic E-state index is -0.239. The highest BCUT2D eigenvalue weighted by molar-refractivity contribution is 8.01. The maximum absolute atomic E-state index is 13.0. The zero-order valence-corrected chi connectivity index (χ0v) is 26.8. The van der Waals surface area contributed by atoms with Gasteiger partial charge in [-0.05, 0) is 54.3 Å². The maximum atomic E-state index is 13.0. The number of carbonyl (C=O) groups excluding carboxylic acids is 3. The average Bonchev–Trinajstić information content (AvgIpc) is 3.44. The smallest absolute Gasteiger partial charge is 0.234 e. The monoisotopic (exact) mass is 640 g/mol. The minimum absolute atomic E-state index is 0.0832. The molecular weight excluding hydrogens is 609 g/mol. The highest BCUT2D eigenvalue weighted by Crippen LogP contribution is 2.32. The van der Waals surface area contributed by atoms with E-state index in [0.29, 0.717) is 5.69 Å². The first kappa shape index (κ1) is 31.3. The van der Waals surface area contributed by atoms with Crippen LogP contribution in [0.25, 0.3) is 10.2 Å². The van der Waals surface area contributed by atoms with E-state index in [9.17, 15) is 14.4 Å². The third kappa shape index (κ3) is 8.49. The molecule has 0 aliphatic carbocycles. The molecule has 0 aliphatic heterocycles. The van der Waals surface area contributed by atoms with E-state index in [4.69, 9.17) is 0 Å². The first-order chi connectivity index (χ1) is 21.4. The Labute approximate surface area is 269 Å². The molecule has 0 atom stereocenters. The molecule has 5 aromatic rings. The Kier molecular flexibility index (Phi) is 10.7. The van der Waals surface area contributed by atoms with Gasteiger partial charge in [0.05, 0.1) is 33.5 Å². The van der Waals surface area contributed by atoms with Gasteiger partial charge in [0, 0.05) is 11.4 Å². The largest absolute Gasteiger partial charge is 0.344 e. The van der Waals surface area contributed by atoms with Gasteiger partial charge in [-0.2, -0.15) is 0 Å². The first-order valence-corrected chi connectivity index (χ1v) is 17.0. The summed E-state index contributed by atoms with van der Waals surface area (Å²) in [6, 6.07) is 31.0. The number of carbonyl (C=O) groups is 3. The number of aryl methyl sites for hydroxylation is 2. The number of nitrogens with one attached hydrogen (secondary N) is 3. The van der Waals surface area contributed by atoms with Crippen LogP contribution >= 0.6 is 34.9 Å². The fraction of sp³-hybridized carbons (Fsp3) is 0.176. The molecule has 3 N–H and O–H groups in total. The summed E-state index contributed by atoms with van der Waals surface area (Å²) in [6.07, 6.45) is 0. The van der Waals surface area contributed by atoms with E-state index in [-0.39, 0.29) is 41.0 Å². The Hall–Kier alpha value is -4.12. The van der Waals surface area contributed by atoms with Gasteiger partial charge in [0.15, 0.2) is 4.34 Å². The van der Waals surface area contributed by atoms with Crippen LogP contribution in [-0.4, -0.2) is 40.0 Å². The van der Waals surface area contributed by atoms with Crippen molar-refractivity contribution in [2.75, 3.05) is 27.9 Å². The van der Waals surface area contributed by atoms with E-state index in [1.807, 2.05) is 111 Å². The molecular formula is C34H32N4O3S3. The van der Waals surface area contributed by atoms with Crippen LogP contribution in [0.2, 0.25) is 0 Å². The van der Waals surface area contributed by atoms with Gasteiger partial charge in [0.25, 0.3) is 0 Å². The lowest BCUT2D eigenvalue weighted by molar-refractivity contribution is -0.119. The summed E-state index contributed by atoms with van der Waals surface area (Å²) in [4.78, 5) is 42.6. The predicted molar refractivity (Wildman–Crippen MR) is 184 cm³/mol. The van der Waals surface area contributed by atoms with Crippen LogP contribution in [0.1, 0.15) is 28.3 Å². The van der Waals surface area contributed by atoms with Gasteiger partial charge in [-0.1, -0.05) is 90.6 Å². The van der Waals surface area contributed by atoms with Crippen LogP contribution in [0.15, 0.2) is 101 Å². The second kappa shape index (κ2) is 15.1. The molecule has 224 valence electrons. The lowest BCUT2D eigenvalue weighted by Gasteiger charge is -2.19. The van der Waals surface area contributed by atoms with Crippen LogP contribution in [0, 0.1) is 13.8 Å². The van der Waals surface area contributed by atoms with Gasteiger partial charge in [0.2, 0.25) is 17.7 Å². The Morgan fingerprint density at radius 1 is 0.727 bits per heavy atom. The van der Waals surface area contributed by atoms with Gasteiger partial charge in [-0.3, -0.25) is 14.4 Å². The summed E-state index contributed by atoms with van der Waals surface area (Å²) in [7, 11) is 0. The molecule has 0 bridgehead atoms. The minimum Gasteiger partial charge on any atom is -0.344 e. The van der Waals surface area contributed by atoms with Crippen molar-refractivity contribution >= 4 is 74.2 Å². The molecule has 0 radical (unpaired) electrons. The molecule has 1 aromatic heterocycles. The summed E-state index contributed by atoms with van der Waals surface area (Å²) in [5.41, 5.74) is 6.33. The number of fused-ring (bicyclic) bond motifs is 1. The summed E-state index contributed by atoms with van der Waals surface area (Å²) in [6.45, 7) is 3.91. The van der Waals surface area contributed by atoms with E-state index >= 15 is 0 Å². The molecule has 0 aliphatic rings. The van der Waals surface area contributed by atoms with Crippen molar-refractivity contribution in [1.29, 1.82) is 0 Å². The Bertz CT molecular complexity index is 1700. The molecule has 0 fully saturated rings. The topological polar surface area (TPSA) is 100 Å². The highest BCUT2D eigenvalue weighted by atomic mass is 32.2. The Morgan fingerprint density at radius 2 is 1.34 bits per heavy atom. The van der Waals surface area contributed by atoms with Gasteiger partial charge >= 0.3 is 0 Å². The molecule has 4 aromatic carbocycles. The number of amides is 3. The highest BCUT2D eigenvalue weighted by Gasteiger charge is 2.17. The lowest BCUT2D eigenvalue weighted by atomic mass is 9.99. The van der Waals surface area contributed by atoms with Gasteiger partial charge < -0.3 is 16.0 Å². The summed E-state index contributed by atoms with van der Waals surface area (Å²) in [5.74, 6) is 0.163. The second-order valence-corrected chi connectivity index (χ2v) is 13.4. The summed E-state index contributed by atoms with van der Waals surface area (Å²) >= 11 is 4.13. The number of rotatable bonds is 12. The summed E-state index contributed by atoms with van der Waals surface area (Å²) in [5, 5.41) is 9.01.